The number of aryl methyl sites for hydroxylation is 1. The lowest BCUT2D eigenvalue weighted by atomic mass is 10.0. The number of amides is 2. The van der Waals surface area contributed by atoms with Crippen LogP contribution in [0.25, 0.3) is 0 Å². The van der Waals surface area contributed by atoms with Crippen LogP contribution in [0.3, 0.4) is 0 Å². The molecular formula is C18H21N3O6S. The minimum absolute atomic E-state index is 0.155. The number of nitrogens with one attached hydrogen (secondary N) is 2. The SMILES string of the molecule is CS(=O)(=O)N1CCCc2ccc(NC(=O)C(=O)NC[C@H](O)c3ccoc3)cc21. The number of rotatable bonds is 5. The van der Waals surface area contributed by atoms with Gasteiger partial charge in [0.2, 0.25) is 10.0 Å². The first kappa shape index (κ1) is 19.9. The van der Waals surface area contributed by atoms with Crippen LogP contribution in [0.15, 0.2) is 41.2 Å². The maximum atomic E-state index is 12.1. The fraction of sp³-hybridized carbons (Fsp3) is 0.333. The number of hydrogen-bond donors (Lipinski definition) is 3. The third-order valence-corrected chi connectivity index (χ3v) is 5.59. The van der Waals surface area contributed by atoms with E-state index in [-0.39, 0.29) is 6.54 Å². The average Bonchev–Trinajstić information content (AvgIpc) is 3.19. The molecular weight excluding hydrogens is 386 g/mol. The predicted octanol–water partition coefficient (Wildman–Crippen LogP) is 0.780. The minimum Gasteiger partial charge on any atom is -0.472 e. The van der Waals surface area contributed by atoms with Gasteiger partial charge in [0.05, 0.1) is 30.6 Å². The van der Waals surface area contributed by atoms with Gasteiger partial charge in [0.15, 0.2) is 0 Å². The van der Waals surface area contributed by atoms with Crippen molar-refractivity contribution in [3.63, 3.8) is 0 Å². The van der Waals surface area contributed by atoms with E-state index in [9.17, 15) is 23.1 Å². The van der Waals surface area contributed by atoms with Crippen LogP contribution in [-0.2, 0) is 26.0 Å². The molecule has 1 atom stereocenters. The maximum Gasteiger partial charge on any atom is 0.313 e. The molecule has 28 heavy (non-hydrogen) atoms. The molecule has 3 rings (SSSR count). The van der Waals surface area contributed by atoms with Gasteiger partial charge in [0.25, 0.3) is 0 Å². The third-order valence-electron chi connectivity index (χ3n) is 4.41. The molecule has 2 heterocycles. The number of nitrogens with zero attached hydrogens (tertiary/aromatic N) is 1. The van der Waals surface area contributed by atoms with E-state index in [1.165, 1.54) is 16.8 Å². The molecule has 10 heteroatoms. The molecule has 0 fully saturated rings. The Morgan fingerprint density at radius 2 is 2.07 bits per heavy atom. The zero-order valence-corrected chi connectivity index (χ0v) is 16.0. The number of anilines is 2. The Labute approximate surface area is 162 Å². The van der Waals surface area contributed by atoms with Crippen LogP contribution in [0.1, 0.15) is 23.7 Å². The Kier molecular flexibility index (Phi) is 5.71. The number of carbonyl (C=O) groups excluding carboxylic acids is 2. The van der Waals surface area contributed by atoms with Gasteiger partial charge in [-0.1, -0.05) is 6.07 Å². The van der Waals surface area contributed by atoms with Crippen LogP contribution in [0.5, 0.6) is 0 Å². The smallest absolute Gasteiger partial charge is 0.313 e. The number of aliphatic hydroxyl groups excluding tert-OH is 1. The highest BCUT2D eigenvalue weighted by molar-refractivity contribution is 7.92. The highest BCUT2D eigenvalue weighted by Gasteiger charge is 2.25. The summed E-state index contributed by atoms with van der Waals surface area (Å²) in [6.45, 7) is 0.216. The van der Waals surface area contributed by atoms with Gasteiger partial charge in [0, 0.05) is 24.3 Å². The van der Waals surface area contributed by atoms with Gasteiger partial charge in [-0.25, -0.2) is 8.42 Å². The molecule has 150 valence electrons. The molecule has 9 nitrogen and oxygen atoms in total. The van der Waals surface area contributed by atoms with Crippen molar-refractivity contribution in [2.75, 3.05) is 29.0 Å². The first-order valence-electron chi connectivity index (χ1n) is 8.65. The molecule has 0 bridgehead atoms. The molecule has 0 aliphatic carbocycles. The van der Waals surface area contributed by atoms with Gasteiger partial charge in [-0.2, -0.15) is 0 Å². The molecule has 0 saturated carbocycles. The monoisotopic (exact) mass is 407 g/mol. The molecule has 1 aliphatic rings. The quantitative estimate of drug-likeness (QED) is 0.628. The second-order valence-electron chi connectivity index (χ2n) is 6.52. The normalized spacial score (nSPS) is 14.9. The number of furan rings is 1. The fourth-order valence-electron chi connectivity index (χ4n) is 3.00. The Morgan fingerprint density at radius 3 is 2.75 bits per heavy atom. The number of sulfonamides is 1. The largest absolute Gasteiger partial charge is 0.472 e. The Morgan fingerprint density at radius 1 is 1.29 bits per heavy atom. The molecule has 1 aliphatic heterocycles. The van der Waals surface area contributed by atoms with E-state index >= 15 is 0 Å². The van der Waals surface area contributed by atoms with E-state index in [1.807, 2.05) is 0 Å². The topological polar surface area (TPSA) is 129 Å². The molecule has 1 aromatic heterocycles. The van der Waals surface area contributed by atoms with E-state index in [4.69, 9.17) is 4.42 Å². The Balaban J connectivity index is 1.65. The average molecular weight is 407 g/mol. The second-order valence-corrected chi connectivity index (χ2v) is 8.43. The second kappa shape index (κ2) is 8.03. The Bertz CT molecular complexity index is 971. The highest BCUT2D eigenvalue weighted by atomic mass is 32.2. The van der Waals surface area contributed by atoms with Crippen molar-refractivity contribution in [2.45, 2.75) is 18.9 Å². The molecule has 0 spiro atoms. The number of hydrogen-bond acceptors (Lipinski definition) is 6. The molecule has 2 aromatic rings. The minimum atomic E-state index is -3.43. The lowest BCUT2D eigenvalue weighted by molar-refractivity contribution is -0.136. The summed E-state index contributed by atoms with van der Waals surface area (Å²) in [5.74, 6) is -1.83. The van der Waals surface area contributed by atoms with Crippen LogP contribution in [0.2, 0.25) is 0 Å². The molecule has 3 N–H and O–H groups in total. The van der Waals surface area contributed by atoms with E-state index < -0.39 is 27.9 Å². The number of aliphatic hydroxyl groups is 1. The fourth-order valence-corrected chi connectivity index (χ4v) is 3.99. The van der Waals surface area contributed by atoms with Crippen molar-refractivity contribution in [3.05, 3.63) is 47.9 Å². The number of benzene rings is 1. The first-order chi connectivity index (χ1) is 13.3. The molecule has 1 aromatic carbocycles. The van der Waals surface area contributed by atoms with Crippen LogP contribution in [-0.4, -0.2) is 44.7 Å². The third kappa shape index (κ3) is 4.52. The van der Waals surface area contributed by atoms with Crippen molar-refractivity contribution in [3.8, 4) is 0 Å². The zero-order chi connectivity index (χ0) is 20.3. The van der Waals surface area contributed by atoms with E-state index in [1.54, 1.807) is 24.3 Å². The van der Waals surface area contributed by atoms with Gasteiger partial charge in [-0.05, 0) is 36.6 Å². The number of carbonyl (C=O) groups is 2. The van der Waals surface area contributed by atoms with Crippen molar-refractivity contribution in [2.24, 2.45) is 0 Å². The van der Waals surface area contributed by atoms with E-state index in [0.29, 0.717) is 29.9 Å². The lowest BCUT2D eigenvalue weighted by Gasteiger charge is -2.29. The standard InChI is InChI=1S/C18H21N3O6S/c1-28(25,26)21-7-2-3-12-4-5-14(9-15(12)21)20-18(24)17(23)19-10-16(22)13-6-8-27-11-13/h4-6,8-9,11,16,22H,2-3,7,10H2,1H3,(H,19,23)(H,20,24)/t16-/m0/s1. The van der Waals surface area contributed by atoms with Crippen molar-refractivity contribution >= 4 is 33.2 Å². The van der Waals surface area contributed by atoms with Crippen LogP contribution >= 0.6 is 0 Å². The predicted molar refractivity (Wildman–Crippen MR) is 102 cm³/mol. The molecule has 0 radical (unpaired) electrons. The zero-order valence-electron chi connectivity index (χ0n) is 15.2. The van der Waals surface area contributed by atoms with Crippen LogP contribution in [0.4, 0.5) is 11.4 Å². The van der Waals surface area contributed by atoms with E-state index in [0.717, 1.165) is 18.2 Å². The summed E-state index contributed by atoms with van der Waals surface area (Å²) in [7, 11) is -3.43. The van der Waals surface area contributed by atoms with Gasteiger partial charge in [-0.3, -0.25) is 13.9 Å². The van der Waals surface area contributed by atoms with Gasteiger partial charge in [0.1, 0.15) is 0 Å². The summed E-state index contributed by atoms with van der Waals surface area (Å²) in [5.41, 5.74) is 2.16. The highest BCUT2D eigenvalue weighted by Crippen LogP contribution is 2.31. The summed E-state index contributed by atoms with van der Waals surface area (Å²) < 4.78 is 30.1. The van der Waals surface area contributed by atoms with E-state index in [2.05, 4.69) is 10.6 Å². The summed E-state index contributed by atoms with van der Waals surface area (Å²) >= 11 is 0. The molecule has 0 saturated heterocycles. The summed E-state index contributed by atoms with van der Waals surface area (Å²) in [6.07, 6.45) is 4.32. The number of fused-ring (bicyclic) bond motifs is 1. The summed E-state index contributed by atoms with van der Waals surface area (Å²) in [6, 6.07) is 6.46. The van der Waals surface area contributed by atoms with Gasteiger partial charge < -0.3 is 20.2 Å². The summed E-state index contributed by atoms with van der Waals surface area (Å²) in [4.78, 5) is 24.1. The van der Waals surface area contributed by atoms with Crippen molar-refractivity contribution < 1.29 is 27.5 Å². The van der Waals surface area contributed by atoms with Crippen LogP contribution < -0.4 is 14.9 Å². The maximum absolute atomic E-state index is 12.1. The Hall–Kier alpha value is -2.85. The molecule has 0 unspecified atom stereocenters. The van der Waals surface area contributed by atoms with Crippen molar-refractivity contribution in [1.82, 2.24) is 5.32 Å². The molecule has 2 amide bonds. The summed E-state index contributed by atoms with van der Waals surface area (Å²) in [5, 5.41) is 14.7. The van der Waals surface area contributed by atoms with Crippen LogP contribution in [0, 0.1) is 0 Å². The van der Waals surface area contributed by atoms with Gasteiger partial charge in [-0.15, -0.1) is 0 Å². The lowest BCUT2D eigenvalue weighted by Crippen LogP contribution is -2.38. The van der Waals surface area contributed by atoms with Crippen molar-refractivity contribution in [1.29, 1.82) is 0 Å². The first-order valence-corrected chi connectivity index (χ1v) is 10.5. The van der Waals surface area contributed by atoms with Gasteiger partial charge >= 0.3 is 11.8 Å².